The second-order valence-electron chi connectivity index (χ2n) is 8.09. The van der Waals surface area contributed by atoms with Gasteiger partial charge in [-0.15, -0.1) is 0 Å². The molecule has 166 valence electrons. The summed E-state index contributed by atoms with van der Waals surface area (Å²) in [6.45, 7) is 4.20. The lowest BCUT2D eigenvalue weighted by atomic mass is 10.0. The molecule has 1 aliphatic rings. The fourth-order valence-electron chi connectivity index (χ4n) is 4.14. The van der Waals surface area contributed by atoms with E-state index in [1.807, 2.05) is 36.4 Å². The Bertz CT molecular complexity index is 1340. The summed E-state index contributed by atoms with van der Waals surface area (Å²) >= 11 is 18.3. The zero-order valence-corrected chi connectivity index (χ0v) is 20.4. The largest absolute Gasteiger partial charge is 0.459 e. The van der Waals surface area contributed by atoms with Crippen LogP contribution < -0.4 is 10.2 Å². The van der Waals surface area contributed by atoms with Gasteiger partial charge in [0.1, 0.15) is 17.6 Å². The van der Waals surface area contributed by atoms with Gasteiger partial charge in [0, 0.05) is 22.5 Å². The van der Waals surface area contributed by atoms with E-state index in [4.69, 9.17) is 39.8 Å². The molecule has 1 aliphatic heterocycles. The first kappa shape index (κ1) is 22.0. The van der Waals surface area contributed by atoms with Gasteiger partial charge in [0.25, 0.3) is 0 Å². The van der Waals surface area contributed by atoms with Crippen LogP contribution in [0.15, 0.2) is 77.3 Å². The molecular weight excluding hydrogens is 473 g/mol. The highest BCUT2D eigenvalue weighted by molar-refractivity contribution is 7.80. The standard InChI is InChI=1S/C26H21Cl2N3OS/c1-15-6-8-18(13-16(15)2)31-25(24(30-26(31)33)21-5-3-4-12-29-21)23-11-10-22(32-23)19-9-7-17(27)14-20(19)28/h3-14,24-25H,1-2H3,(H,30,33)/t24-,25-/m1/s1. The van der Waals surface area contributed by atoms with Crippen molar-refractivity contribution in [2.24, 2.45) is 0 Å². The van der Waals surface area contributed by atoms with Crippen molar-refractivity contribution < 1.29 is 4.42 Å². The summed E-state index contributed by atoms with van der Waals surface area (Å²) in [6.07, 6.45) is 1.79. The minimum atomic E-state index is -0.227. The summed E-state index contributed by atoms with van der Waals surface area (Å²) in [7, 11) is 0. The van der Waals surface area contributed by atoms with E-state index in [1.54, 1.807) is 18.3 Å². The lowest BCUT2D eigenvalue weighted by molar-refractivity contribution is 0.439. The van der Waals surface area contributed by atoms with Gasteiger partial charge in [-0.3, -0.25) is 4.98 Å². The van der Waals surface area contributed by atoms with Gasteiger partial charge < -0.3 is 14.6 Å². The zero-order chi connectivity index (χ0) is 23.1. The average Bonchev–Trinajstić information content (AvgIpc) is 3.41. The summed E-state index contributed by atoms with van der Waals surface area (Å²) in [6, 6.07) is 21.1. The lowest BCUT2D eigenvalue weighted by Crippen LogP contribution is -2.29. The molecule has 1 N–H and O–H groups in total. The summed E-state index contributed by atoms with van der Waals surface area (Å²) in [5.74, 6) is 1.43. The minimum Gasteiger partial charge on any atom is -0.459 e. The first-order chi connectivity index (χ1) is 15.9. The van der Waals surface area contributed by atoms with Crippen LogP contribution in [0, 0.1) is 13.8 Å². The number of aryl methyl sites for hydroxylation is 2. The Morgan fingerprint density at radius 2 is 1.82 bits per heavy atom. The van der Waals surface area contributed by atoms with Crippen LogP contribution in [0.25, 0.3) is 11.3 Å². The van der Waals surface area contributed by atoms with Crippen molar-refractivity contribution >= 4 is 46.2 Å². The summed E-state index contributed by atoms with van der Waals surface area (Å²) < 4.78 is 6.38. The molecule has 0 radical (unpaired) electrons. The van der Waals surface area contributed by atoms with Gasteiger partial charge in [-0.25, -0.2) is 0 Å². The van der Waals surface area contributed by atoms with Gasteiger partial charge in [-0.1, -0.05) is 35.3 Å². The fraction of sp³-hybridized carbons (Fsp3) is 0.154. The van der Waals surface area contributed by atoms with Crippen molar-refractivity contribution in [3.63, 3.8) is 0 Å². The van der Waals surface area contributed by atoms with Crippen molar-refractivity contribution in [1.82, 2.24) is 10.3 Å². The Kier molecular flexibility index (Phi) is 5.87. The van der Waals surface area contributed by atoms with Crippen molar-refractivity contribution in [2.75, 3.05) is 4.90 Å². The lowest BCUT2D eigenvalue weighted by Gasteiger charge is -2.26. The Balaban J connectivity index is 1.61. The van der Waals surface area contributed by atoms with Crippen LogP contribution in [0.1, 0.15) is 34.7 Å². The highest BCUT2D eigenvalue weighted by Crippen LogP contribution is 2.43. The van der Waals surface area contributed by atoms with Gasteiger partial charge in [-0.05, 0) is 91.8 Å². The number of anilines is 1. The molecular formula is C26H21Cl2N3OS. The van der Waals surface area contributed by atoms with Crippen LogP contribution in [0.3, 0.4) is 0 Å². The van der Waals surface area contributed by atoms with E-state index < -0.39 is 0 Å². The number of hydrogen-bond acceptors (Lipinski definition) is 3. The van der Waals surface area contributed by atoms with E-state index in [2.05, 4.69) is 47.2 Å². The van der Waals surface area contributed by atoms with Gasteiger partial charge in [0.2, 0.25) is 0 Å². The molecule has 5 rings (SSSR count). The molecule has 0 bridgehead atoms. The number of hydrogen-bond donors (Lipinski definition) is 1. The van der Waals surface area contributed by atoms with Crippen LogP contribution >= 0.6 is 35.4 Å². The number of rotatable bonds is 4. The third kappa shape index (κ3) is 4.12. The summed E-state index contributed by atoms with van der Waals surface area (Å²) in [4.78, 5) is 6.70. The van der Waals surface area contributed by atoms with Crippen LogP contribution in [0.4, 0.5) is 5.69 Å². The molecule has 2 aromatic heterocycles. The highest BCUT2D eigenvalue weighted by atomic mass is 35.5. The van der Waals surface area contributed by atoms with Gasteiger partial charge in [-0.2, -0.15) is 0 Å². The molecule has 4 nitrogen and oxygen atoms in total. The number of halogens is 2. The van der Waals surface area contributed by atoms with Crippen LogP contribution in [-0.2, 0) is 0 Å². The van der Waals surface area contributed by atoms with E-state index >= 15 is 0 Å². The number of pyridine rings is 1. The molecule has 1 fully saturated rings. The Labute approximate surface area is 208 Å². The molecule has 7 heteroatoms. The molecule has 0 amide bonds. The molecule has 2 aromatic carbocycles. The Morgan fingerprint density at radius 3 is 2.55 bits per heavy atom. The second-order valence-corrected chi connectivity index (χ2v) is 9.32. The van der Waals surface area contributed by atoms with Gasteiger partial charge >= 0.3 is 0 Å². The number of furan rings is 1. The maximum absolute atomic E-state index is 6.44. The molecule has 4 aromatic rings. The van der Waals surface area contributed by atoms with Crippen molar-refractivity contribution in [3.05, 3.63) is 106 Å². The zero-order valence-electron chi connectivity index (χ0n) is 18.0. The number of benzene rings is 2. The van der Waals surface area contributed by atoms with E-state index in [0.29, 0.717) is 20.9 Å². The van der Waals surface area contributed by atoms with E-state index in [1.165, 1.54) is 11.1 Å². The van der Waals surface area contributed by atoms with Gasteiger partial charge in [0.15, 0.2) is 5.11 Å². The smallest absolute Gasteiger partial charge is 0.174 e. The predicted octanol–water partition coefficient (Wildman–Crippen LogP) is 7.44. The van der Waals surface area contributed by atoms with Crippen molar-refractivity contribution in [3.8, 4) is 11.3 Å². The van der Waals surface area contributed by atoms with Crippen LogP contribution in [0.2, 0.25) is 10.0 Å². The molecule has 0 saturated carbocycles. The predicted molar refractivity (Wildman–Crippen MR) is 138 cm³/mol. The van der Waals surface area contributed by atoms with E-state index in [0.717, 1.165) is 22.7 Å². The molecule has 3 heterocycles. The maximum atomic E-state index is 6.44. The fourth-order valence-corrected chi connectivity index (χ4v) is 4.99. The highest BCUT2D eigenvalue weighted by Gasteiger charge is 2.42. The first-order valence-electron chi connectivity index (χ1n) is 10.6. The summed E-state index contributed by atoms with van der Waals surface area (Å²) in [5, 5.41) is 5.21. The molecule has 1 saturated heterocycles. The molecule has 0 unspecified atom stereocenters. The second kappa shape index (κ2) is 8.82. The first-order valence-corrected chi connectivity index (χ1v) is 11.7. The Morgan fingerprint density at radius 1 is 0.970 bits per heavy atom. The number of thiocarbonyl (C=S) groups is 1. The molecule has 33 heavy (non-hydrogen) atoms. The molecule has 0 spiro atoms. The average molecular weight is 494 g/mol. The van der Waals surface area contributed by atoms with Crippen molar-refractivity contribution in [2.45, 2.75) is 25.9 Å². The van der Waals surface area contributed by atoms with Crippen LogP contribution in [-0.4, -0.2) is 10.1 Å². The Hall–Kier alpha value is -2.86. The number of nitrogens with one attached hydrogen (secondary N) is 1. The molecule has 2 atom stereocenters. The van der Waals surface area contributed by atoms with E-state index in [9.17, 15) is 0 Å². The third-order valence-corrected chi connectivity index (χ3v) is 6.84. The monoisotopic (exact) mass is 493 g/mol. The van der Waals surface area contributed by atoms with Gasteiger partial charge in [0.05, 0.1) is 16.8 Å². The SMILES string of the molecule is Cc1ccc(N2C(=S)N[C@H](c3ccccn3)[C@H]2c2ccc(-c3ccc(Cl)cc3Cl)o2)cc1C. The normalized spacial score (nSPS) is 17.9. The number of aromatic nitrogens is 1. The topological polar surface area (TPSA) is 41.3 Å². The summed E-state index contributed by atoms with van der Waals surface area (Å²) in [5.41, 5.74) is 5.10. The maximum Gasteiger partial charge on any atom is 0.174 e. The van der Waals surface area contributed by atoms with Crippen LogP contribution in [0.5, 0.6) is 0 Å². The minimum absolute atomic E-state index is 0.181. The van der Waals surface area contributed by atoms with E-state index in [-0.39, 0.29) is 12.1 Å². The number of nitrogens with zero attached hydrogens (tertiary/aromatic N) is 2. The quantitative estimate of drug-likeness (QED) is 0.299. The van der Waals surface area contributed by atoms with Crippen molar-refractivity contribution in [1.29, 1.82) is 0 Å². The molecule has 0 aliphatic carbocycles. The third-order valence-electron chi connectivity index (χ3n) is 5.98.